The van der Waals surface area contributed by atoms with E-state index in [9.17, 15) is 10.5 Å². The van der Waals surface area contributed by atoms with E-state index in [1.54, 1.807) is 0 Å². The van der Waals surface area contributed by atoms with Crippen LogP contribution in [-0.4, -0.2) is 12.2 Å². The predicted octanol–water partition coefficient (Wildman–Crippen LogP) is 5.10. The molecule has 2 aromatic carbocycles. The molecule has 152 valence electrons. The Bertz CT molecular complexity index is 1280. The summed E-state index contributed by atoms with van der Waals surface area (Å²) in [7, 11) is 0. The minimum atomic E-state index is -0.660. The Morgan fingerprint density at radius 2 is 1.19 bits per heavy atom. The number of nitriles is 2. The Kier molecular flexibility index (Phi) is 4.27. The molecule has 0 radical (unpaired) electrons. The summed E-state index contributed by atoms with van der Waals surface area (Å²) in [5, 5.41) is 19.6. The highest BCUT2D eigenvalue weighted by atomic mass is 16.5. The first-order valence-corrected chi connectivity index (χ1v) is 10.1. The fourth-order valence-corrected chi connectivity index (χ4v) is 5.15. The van der Waals surface area contributed by atoms with E-state index >= 15 is 0 Å². The molecule has 0 amide bonds. The molecule has 32 heavy (non-hydrogen) atoms. The Labute approximate surface area is 185 Å². The molecule has 5 rings (SSSR count). The molecule has 1 saturated carbocycles. The lowest BCUT2D eigenvalue weighted by Gasteiger charge is -2.38. The molecule has 0 aromatic heterocycles. The summed E-state index contributed by atoms with van der Waals surface area (Å²) in [6, 6.07) is 15.6. The van der Waals surface area contributed by atoms with Crippen LogP contribution in [0.1, 0.15) is 34.1 Å². The zero-order chi connectivity index (χ0) is 22.6. The molecule has 0 bridgehead atoms. The molecule has 3 aliphatic rings. The lowest BCUT2D eigenvalue weighted by molar-refractivity contribution is 0.170. The lowest BCUT2D eigenvalue weighted by Crippen LogP contribution is -2.41. The molecule has 2 heterocycles. The summed E-state index contributed by atoms with van der Waals surface area (Å²) in [5.74, 6) is 0.306. The number of rotatable bonds is 0. The average molecular weight is 416 g/mol. The molecule has 0 spiro atoms. The molecule has 4 atom stereocenters. The van der Waals surface area contributed by atoms with Gasteiger partial charge in [0, 0.05) is 23.0 Å². The highest BCUT2D eigenvalue weighted by Crippen LogP contribution is 2.60. The topological polar surface area (TPSA) is 74.8 Å². The van der Waals surface area contributed by atoms with Crippen LogP contribution >= 0.6 is 0 Å². The first-order valence-electron chi connectivity index (χ1n) is 10.1. The van der Waals surface area contributed by atoms with Gasteiger partial charge in [-0.05, 0) is 37.1 Å². The van der Waals surface area contributed by atoms with Crippen molar-refractivity contribution in [1.29, 1.82) is 10.5 Å². The number of hydrogen-bond acceptors (Lipinski definition) is 4. The largest absolute Gasteiger partial charge is 0.486 e. The summed E-state index contributed by atoms with van der Waals surface area (Å²) in [6.45, 7) is 19.3. The highest BCUT2D eigenvalue weighted by Gasteiger charge is 2.56. The minimum Gasteiger partial charge on any atom is -0.486 e. The summed E-state index contributed by atoms with van der Waals surface area (Å²) < 4.78 is 12.7. The lowest BCUT2D eigenvalue weighted by atomic mass is 9.67. The molecule has 4 unspecified atom stereocenters. The second-order valence-corrected chi connectivity index (χ2v) is 8.17. The van der Waals surface area contributed by atoms with Crippen LogP contribution in [0.15, 0.2) is 58.9 Å². The zero-order valence-electron chi connectivity index (χ0n) is 17.4. The van der Waals surface area contributed by atoms with Gasteiger partial charge in [-0.1, -0.05) is 35.4 Å². The maximum atomic E-state index is 9.82. The SMILES string of the molecule is [C-]#[N+]/C(C#N)=C1\C2Oc3ccc(C)cc3C2/C(=C(/C#N)[N+]#[C-])C2Oc3ccc(C)cc3C12. The molecule has 2 aliphatic heterocycles. The monoisotopic (exact) mass is 416 g/mol. The first kappa shape index (κ1) is 19.4. The molecule has 0 N–H and O–H groups in total. The van der Waals surface area contributed by atoms with Crippen LogP contribution in [0.5, 0.6) is 11.5 Å². The zero-order valence-corrected chi connectivity index (χ0v) is 17.4. The van der Waals surface area contributed by atoms with Crippen molar-refractivity contribution >= 4 is 0 Å². The Balaban J connectivity index is 1.87. The van der Waals surface area contributed by atoms with E-state index < -0.39 is 24.0 Å². The third-order valence-electron chi connectivity index (χ3n) is 6.38. The number of benzene rings is 2. The fourth-order valence-electron chi connectivity index (χ4n) is 5.15. The molecule has 2 aromatic rings. The van der Waals surface area contributed by atoms with E-state index in [0.717, 1.165) is 22.3 Å². The maximum absolute atomic E-state index is 9.82. The van der Waals surface area contributed by atoms with Gasteiger partial charge in [0.15, 0.2) is 0 Å². The van der Waals surface area contributed by atoms with Gasteiger partial charge in [0.05, 0.1) is 25.3 Å². The maximum Gasteiger partial charge on any atom is 0.265 e. The van der Waals surface area contributed by atoms with E-state index in [2.05, 4.69) is 21.8 Å². The van der Waals surface area contributed by atoms with Crippen LogP contribution in [-0.2, 0) is 0 Å². The highest BCUT2D eigenvalue weighted by molar-refractivity contribution is 5.64. The van der Waals surface area contributed by atoms with Crippen molar-refractivity contribution in [3.05, 3.63) is 104 Å². The normalized spacial score (nSPS) is 26.9. The van der Waals surface area contributed by atoms with Gasteiger partial charge in [0.2, 0.25) is 0 Å². The molecule has 6 nitrogen and oxygen atoms in total. The van der Waals surface area contributed by atoms with Gasteiger partial charge in [-0.3, -0.25) is 0 Å². The van der Waals surface area contributed by atoms with E-state index in [-0.39, 0.29) is 11.4 Å². The number of ether oxygens (including phenoxy) is 2. The molecule has 6 heteroatoms. The van der Waals surface area contributed by atoms with Crippen LogP contribution in [0.25, 0.3) is 9.69 Å². The van der Waals surface area contributed by atoms with Gasteiger partial charge in [0.25, 0.3) is 11.4 Å². The molecular weight excluding hydrogens is 400 g/mol. The summed E-state index contributed by atoms with van der Waals surface area (Å²) in [4.78, 5) is 7.06. The number of aryl methyl sites for hydroxylation is 2. The van der Waals surface area contributed by atoms with Crippen molar-refractivity contribution < 1.29 is 9.47 Å². The van der Waals surface area contributed by atoms with E-state index in [0.29, 0.717) is 22.6 Å². The molecule has 0 saturated heterocycles. The van der Waals surface area contributed by atoms with Crippen molar-refractivity contribution in [2.45, 2.75) is 37.9 Å². The summed E-state index contributed by atoms with van der Waals surface area (Å²) in [5.41, 5.74) is 4.77. The van der Waals surface area contributed by atoms with Crippen molar-refractivity contribution in [2.75, 3.05) is 0 Å². The quantitative estimate of drug-likeness (QED) is 0.442. The third-order valence-corrected chi connectivity index (χ3v) is 6.38. The average Bonchev–Trinajstić information content (AvgIpc) is 3.34. The molecule has 1 fully saturated rings. The minimum absolute atomic E-state index is 0.0298. The van der Waals surface area contributed by atoms with Crippen LogP contribution in [0, 0.1) is 49.7 Å². The molecular formula is C26H16N4O2. The molecule has 1 aliphatic carbocycles. The van der Waals surface area contributed by atoms with Crippen molar-refractivity contribution in [3.63, 3.8) is 0 Å². The summed E-state index contributed by atoms with van der Waals surface area (Å²) >= 11 is 0. The second-order valence-electron chi connectivity index (χ2n) is 8.17. The van der Waals surface area contributed by atoms with Gasteiger partial charge in [-0.15, -0.1) is 0 Å². The smallest absolute Gasteiger partial charge is 0.265 e. The van der Waals surface area contributed by atoms with Gasteiger partial charge < -0.3 is 9.47 Å². The van der Waals surface area contributed by atoms with Gasteiger partial charge in [0.1, 0.15) is 23.7 Å². The second kappa shape index (κ2) is 7.02. The van der Waals surface area contributed by atoms with Gasteiger partial charge >= 0.3 is 0 Å². The number of hydrogen-bond donors (Lipinski definition) is 0. The predicted molar refractivity (Wildman–Crippen MR) is 115 cm³/mol. The van der Waals surface area contributed by atoms with Gasteiger partial charge in [-0.2, -0.15) is 0 Å². The van der Waals surface area contributed by atoms with Crippen LogP contribution in [0.2, 0.25) is 0 Å². The number of fused-ring (bicyclic) bond motifs is 6. The standard InChI is InChI=1S/C26H16N4O2/c1-13-5-7-19-15(9-13)21-23(17(11-27)29-3)26-22(16-10-14(2)6-8-20(16)32-26)24(25(21)31-19)18(12-28)30-4/h5-10,21-22,25-26H,1-2H3/b23-17-,24-18+. The van der Waals surface area contributed by atoms with Gasteiger partial charge in [-0.25, -0.2) is 20.2 Å². The summed E-state index contributed by atoms with van der Waals surface area (Å²) in [6.07, 6.45) is -1.32. The fraction of sp³-hybridized carbons (Fsp3) is 0.231. The van der Waals surface area contributed by atoms with Crippen molar-refractivity contribution in [3.8, 4) is 23.6 Å². The first-order chi connectivity index (χ1) is 15.5. The van der Waals surface area contributed by atoms with Crippen molar-refractivity contribution in [2.24, 2.45) is 0 Å². The Morgan fingerprint density at radius 3 is 1.53 bits per heavy atom. The van der Waals surface area contributed by atoms with Crippen LogP contribution in [0.3, 0.4) is 0 Å². The Morgan fingerprint density at radius 1 is 0.781 bits per heavy atom. The van der Waals surface area contributed by atoms with E-state index in [1.807, 2.05) is 50.2 Å². The van der Waals surface area contributed by atoms with E-state index in [4.69, 9.17) is 22.6 Å². The Hall–Kier alpha value is -4.52. The van der Waals surface area contributed by atoms with Crippen LogP contribution < -0.4 is 9.47 Å². The van der Waals surface area contributed by atoms with Crippen LogP contribution in [0.4, 0.5) is 0 Å². The van der Waals surface area contributed by atoms with E-state index in [1.165, 1.54) is 0 Å². The number of allylic oxidation sites excluding steroid dienone is 2. The van der Waals surface area contributed by atoms with Crippen molar-refractivity contribution in [1.82, 2.24) is 0 Å². The third kappa shape index (κ3) is 2.54. The number of nitrogens with zero attached hydrogens (tertiary/aromatic N) is 4.